The normalized spacial score (nSPS) is 11.8. The van der Waals surface area contributed by atoms with Gasteiger partial charge in [-0.15, -0.1) is 0 Å². The van der Waals surface area contributed by atoms with Gasteiger partial charge in [0, 0.05) is 18.1 Å². The van der Waals surface area contributed by atoms with E-state index in [1.807, 2.05) is 0 Å². The lowest BCUT2D eigenvalue weighted by Crippen LogP contribution is -2.29. The fraction of sp³-hybridized carbons (Fsp3) is 0.417. The first-order chi connectivity index (χ1) is 9.30. The number of aromatic carboxylic acids is 1. The van der Waals surface area contributed by atoms with E-state index in [0.29, 0.717) is 13.0 Å². The number of nitrogens with zero attached hydrogens (tertiary/aromatic N) is 1. The van der Waals surface area contributed by atoms with Gasteiger partial charge in [0.1, 0.15) is 0 Å². The van der Waals surface area contributed by atoms with Crippen molar-refractivity contribution in [2.45, 2.75) is 11.3 Å². The Bertz CT molecular complexity index is 589. The lowest BCUT2D eigenvalue weighted by molar-refractivity contribution is 0.0696. The first-order valence-electron chi connectivity index (χ1n) is 5.94. The van der Waals surface area contributed by atoms with E-state index in [-0.39, 0.29) is 14.9 Å². The number of hydrogen-bond acceptors (Lipinski definition) is 4. The van der Waals surface area contributed by atoms with Crippen LogP contribution in [-0.2, 0) is 10.0 Å². The van der Waals surface area contributed by atoms with Crippen LogP contribution in [0.3, 0.4) is 0 Å². The first-order valence-corrected chi connectivity index (χ1v) is 8.17. The van der Waals surface area contributed by atoms with Crippen LogP contribution >= 0.6 is 15.9 Å². The van der Waals surface area contributed by atoms with Gasteiger partial charge in [-0.1, -0.05) is 0 Å². The number of carboxylic acids is 1. The van der Waals surface area contributed by atoms with Crippen LogP contribution in [0.4, 0.5) is 0 Å². The molecule has 1 rings (SSSR count). The molecule has 0 spiro atoms. The maximum Gasteiger partial charge on any atom is 0.335 e. The largest absolute Gasteiger partial charge is 0.478 e. The molecule has 0 atom stereocenters. The zero-order chi connectivity index (χ0) is 15.3. The van der Waals surface area contributed by atoms with E-state index in [1.165, 1.54) is 29.6 Å². The Balaban J connectivity index is 3.00. The number of halogens is 1. The van der Waals surface area contributed by atoms with Crippen molar-refractivity contribution < 1.29 is 18.3 Å². The minimum Gasteiger partial charge on any atom is -0.478 e. The minimum absolute atomic E-state index is 0.0358. The van der Waals surface area contributed by atoms with Gasteiger partial charge in [-0.05, 0) is 54.1 Å². The van der Waals surface area contributed by atoms with Gasteiger partial charge in [-0.2, -0.15) is 0 Å². The van der Waals surface area contributed by atoms with Gasteiger partial charge >= 0.3 is 5.97 Å². The lowest BCUT2D eigenvalue weighted by Gasteiger charge is -2.18. The predicted molar refractivity (Wildman–Crippen MR) is 79.5 cm³/mol. The van der Waals surface area contributed by atoms with Gasteiger partial charge < -0.3 is 10.4 Å². The number of rotatable bonds is 7. The molecule has 0 aliphatic carbocycles. The van der Waals surface area contributed by atoms with E-state index in [1.54, 1.807) is 7.05 Å². The van der Waals surface area contributed by atoms with Crippen LogP contribution in [0.2, 0.25) is 0 Å². The van der Waals surface area contributed by atoms with Crippen LogP contribution in [0, 0.1) is 0 Å². The predicted octanol–water partition coefficient (Wildman–Crippen LogP) is 1.38. The fourth-order valence-electron chi connectivity index (χ4n) is 1.61. The molecule has 0 amide bonds. The topological polar surface area (TPSA) is 86.7 Å². The average molecular weight is 365 g/mol. The Morgan fingerprint density at radius 2 is 2.10 bits per heavy atom. The highest BCUT2D eigenvalue weighted by atomic mass is 79.9. The van der Waals surface area contributed by atoms with Crippen molar-refractivity contribution in [1.82, 2.24) is 9.62 Å². The van der Waals surface area contributed by atoms with Crippen molar-refractivity contribution in [3.8, 4) is 0 Å². The molecule has 0 aromatic heterocycles. The quantitative estimate of drug-likeness (QED) is 0.713. The van der Waals surface area contributed by atoms with E-state index in [0.717, 1.165) is 6.54 Å². The Kier molecular flexibility index (Phi) is 6.12. The summed E-state index contributed by atoms with van der Waals surface area (Å²) in [7, 11) is -0.323. The van der Waals surface area contributed by atoms with Crippen LogP contribution in [-0.4, -0.2) is 51.0 Å². The van der Waals surface area contributed by atoms with Crippen LogP contribution in [0.1, 0.15) is 16.8 Å². The van der Waals surface area contributed by atoms with Crippen molar-refractivity contribution in [3.63, 3.8) is 0 Å². The van der Waals surface area contributed by atoms with E-state index in [2.05, 4.69) is 21.2 Å². The highest BCUT2D eigenvalue weighted by Crippen LogP contribution is 2.25. The molecule has 0 heterocycles. The molecule has 0 saturated carbocycles. The summed E-state index contributed by atoms with van der Waals surface area (Å²) in [5, 5.41) is 11.8. The zero-order valence-electron chi connectivity index (χ0n) is 11.3. The molecule has 0 unspecified atom stereocenters. The maximum absolute atomic E-state index is 12.4. The van der Waals surface area contributed by atoms with E-state index >= 15 is 0 Å². The SMILES string of the molecule is CNCCCN(C)S(=O)(=O)c1ccc(C(=O)O)cc1Br. The molecule has 20 heavy (non-hydrogen) atoms. The molecule has 0 bridgehead atoms. The molecule has 0 fully saturated rings. The first kappa shape index (κ1) is 17.1. The van der Waals surface area contributed by atoms with E-state index in [4.69, 9.17) is 5.11 Å². The summed E-state index contributed by atoms with van der Waals surface area (Å²) in [6, 6.07) is 3.87. The van der Waals surface area contributed by atoms with Crippen molar-refractivity contribution in [2.75, 3.05) is 27.2 Å². The Morgan fingerprint density at radius 3 is 2.60 bits per heavy atom. The minimum atomic E-state index is -3.63. The fourth-order valence-corrected chi connectivity index (χ4v) is 3.85. The summed E-state index contributed by atoms with van der Waals surface area (Å²) >= 11 is 3.12. The molecule has 0 aliphatic rings. The molecule has 1 aromatic carbocycles. The Labute approximate surface area is 127 Å². The Hall–Kier alpha value is -0.960. The molecule has 1 aromatic rings. The molecule has 2 N–H and O–H groups in total. The van der Waals surface area contributed by atoms with Crippen molar-refractivity contribution in [3.05, 3.63) is 28.2 Å². The van der Waals surface area contributed by atoms with Gasteiger partial charge in [0.25, 0.3) is 0 Å². The molecular formula is C12H17BrN2O4S. The summed E-state index contributed by atoms with van der Waals surface area (Å²) in [5.74, 6) is -1.10. The number of sulfonamides is 1. The second kappa shape index (κ2) is 7.16. The average Bonchev–Trinajstić information content (AvgIpc) is 2.38. The third kappa shape index (κ3) is 4.02. The molecule has 112 valence electrons. The standard InChI is InChI=1S/C12H17BrN2O4S/c1-14-6-3-7-15(2)20(18,19)11-5-4-9(12(16)17)8-10(11)13/h4-5,8,14H,3,6-7H2,1-2H3,(H,16,17). The highest BCUT2D eigenvalue weighted by molar-refractivity contribution is 9.10. The molecule has 0 aliphatic heterocycles. The van der Waals surface area contributed by atoms with E-state index < -0.39 is 16.0 Å². The molecular weight excluding hydrogens is 348 g/mol. The second-order valence-corrected chi connectivity index (χ2v) is 7.10. The number of nitrogens with one attached hydrogen (secondary N) is 1. The summed E-state index contributed by atoms with van der Waals surface area (Å²) < 4.78 is 26.2. The molecule has 6 nitrogen and oxygen atoms in total. The van der Waals surface area contributed by atoms with Gasteiger partial charge in [0.2, 0.25) is 10.0 Å². The third-order valence-electron chi connectivity index (χ3n) is 2.77. The van der Waals surface area contributed by atoms with Gasteiger partial charge in [-0.25, -0.2) is 17.5 Å². The number of benzene rings is 1. The van der Waals surface area contributed by atoms with Gasteiger partial charge in [0.15, 0.2) is 0 Å². The van der Waals surface area contributed by atoms with Crippen LogP contribution in [0.15, 0.2) is 27.6 Å². The smallest absolute Gasteiger partial charge is 0.335 e. The second-order valence-electron chi connectivity index (χ2n) is 4.23. The van der Waals surface area contributed by atoms with Crippen LogP contribution in [0.25, 0.3) is 0 Å². The highest BCUT2D eigenvalue weighted by Gasteiger charge is 2.23. The summed E-state index contributed by atoms with van der Waals surface area (Å²) in [4.78, 5) is 10.9. The number of hydrogen-bond donors (Lipinski definition) is 2. The maximum atomic E-state index is 12.4. The summed E-state index contributed by atoms with van der Waals surface area (Å²) in [6.45, 7) is 1.11. The number of carboxylic acid groups (broad SMARTS) is 1. The summed E-state index contributed by atoms with van der Waals surface area (Å²) in [5.41, 5.74) is 0.0358. The van der Waals surface area contributed by atoms with Crippen molar-refractivity contribution in [2.24, 2.45) is 0 Å². The van der Waals surface area contributed by atoms with Crippen LogP contribution < -0.4 is 5.32 Å². The van der Waals surface area contributed by atoms with Gasteiger partial charge in [-0.3, -0.25) is 0 Å². The number of carbonyl (C=O) groups is 1. The van der Waals surface area contributed by atoms with E-state index in [9.17, 15) is 13.2 Å². The third-order valence-corrected chi connectivity index (χ3v) is 5.60. The van der Waals surface area contributed by atoms with Gasteiger partial charge in [0.05, 0.1) is 10.5 Å². The van der Waals surface area contributed by atoms with Crippen LogP contribution in [0.5, 0.6) is 0 Å². The zero-order valence-corrected chi connectivity index (χ0v) is 13.7. The molecule has 8 heteroatoms. The molecule has 0 radical (unpaired) electrons. The Morgan fingerprint density at radius 1 is 1.45 bits per heavy atom. The monoisotopic (exact) mass is 364 g/mol. The molecule has 0 saturated heterocycles. The van der Waals surface area contributed by atoms with Crippen molar-refractivity contribution in [1.29, 1.82) is 0 Å². The summed E-state index contributed by atoms with van der Waals surface area (Å²) in [6.07, 6.45) is 0.692. The lowest BCUT2D eigenvalue weighted by atomic mass is 10.2. The van der Waals surface area contributed by atoms with Crippen molar-refractivity contribution >= 4 is 31.9 Å².